The molecule has 5 aliphatic carbocycles. The van der Waals surface area contributed by atoms with E-state index in [0.717, 1.165) is 32.1 Å². The molecular formula is C20H26O5S. The molecule has 6 aliphatic rings. The normalized spacial score (nSPS) is 53.5. The summed E-state index contributed by atoms with van der Waals surface area (Å²) in [7, 11) is 0. The van der Waals surface area contributed by atoms with Gasteiger partial charge in [-0.15, -0.1) is 0 Å². The molecule has 6 rings (SSSR count). The van der Waals surface area contributed by atoms with Gasteiger partial charge in [0.15, 0.2) is 5.78 Å². The van der Waals surface area contributed by atoms with Gasteiger partial charge < -0.3 is 0 Å². The van der Waals surface area contributed by atoms with Gasteiger partial charge in [0.2, 0.25) is 0 Å². The Morgan fingerprint density at radius 3 is 2.69 bits per heavy atom. The number of hydrogen-bond acceptors (Lipinski definition) is 5. The fourth-order valence-electron chi connectivity index (χ4n) is 7.34. The molecule has 5 saturated carbocycles. The van der Waals surface area contributed by atoms with E-state index < -0.39 is 16.8 Å². The highest BCUT2D eigenvalue weighted by molar-refractivity contribution is 7.75. The first-order chi connectivity index (χ1) is 12.3. The average molecular weight is 378 g/mol. The first-order valence-electron chi connectivity index (χ1n) is 9.79. The Labute approximate surface area is 156 Å². The van der Waals surface area contributed by atoms with Crippen LogP contribution in [0.3, 0.4) is 0 Å². The third-order valence-electron chi connectivity index (χ3n) is 8.61. The number of carbonyl (C=O) groups is 2. The second kappa shape index (κ2) is 5.36. The van der Waals surface area contributed by atoms with Crippen LogP contribution < -0.4 is 0 Å². The van der Waals surface area contributed by atoms with Crippen LogP contribution in [0.1, 0.15) is 51.9 Å². The zero-order valence-electron chi connectivity index (χ0n) is 15.3. The lowest BCUT2D eigenvalue weighted by Crippen LogP contribution is -2.69. The zero-order chi connectivity index (χ0) is 18.3. The summed E-state index contributed by atoms with van der Waals surface area (Å²) in [5, 5.41) is 0. The van der Waals surface area contributed by atoms with Gasteiger partial charge in [0, 0.05) is 11.8 Å². The van der Waals surface area contributed by atoms with Crippen molar-refractivity contribution >= 4 is 22.9 Å². The van der Waals surface area contributed by atoms with E-state index in [0.29, 0.717) is 31.6 Å². The van der Waals surface area contributed by atoms with E-state index in [2.05, 4.69) is 13.5 Å². The molecule has 1 saturated heterocycles. The number of allylic oxidation sites excluding steroid dienone is 1. The van der Waals surface area contributed by atoms with Gasteiger partial charge in [0.1, 0.15) is 5.78 Å². The molecule has 4 bridgehead atoms. The van der Waals surface area contributed by atoms with Crippen molar-refractivity contribution < 1.29 is 22.2 Å². The average Bonchev–Trinajstić information content (AvgIpc) is 2.63. The third-order valence-corrected chi connectivity index (χ3v) is 9.23. The highest BCUT2D eigenvalue weighted by atomic mass is 32.2. The molecule has 0 amide bonds. The van der Waals surface area contributed by atoms with Gasteiger partial charge in [0.25, 0.3) is 0 Å². The number of carbonyl (C=O) groups excluding carboxylic acids is 2. The van der Waals surface area contributed by atoms with E-state index in [4.69, 9.17) is 8.37 Å². The van der Waals surface area contributed by atoms with E-state index >= 15 is 0 Å². The van der Waals surface area contributed by atoms with Crippen LogP contribution in [0.4, 0.5) is 0 Å². The lowest BCUT2D eigenvalue weighted by Gasteiger charge is -2.67. The summed E-state index contributed by atoms with van der Waals surface area (Å²) >= 11 is -1.75. The predicted molar refractivity (Wildman–Crippen MR) is 95.0 cm³/mol. The molecule has 0 aromatic carbocycles. The van der Waals surface area contributed by atoms with Crippen LogP contribution in [-0.2, 0) is 29.3 Å². The molecular weight excluding hydrogens is 352 g/mol. The Morgan fingerprint density at radius 1 is 1.12 bits per heavy atom. The first kappa shape index (κ1) is 17.3. The summed E-state index contributed by atoms with van der Waals surface area (Å²) in [6.45, 7) is 6.88. The van der Waals surface area contributed by atoms with Crippen molar-refractivity contribution in [2.75, 3.05) is 13.2 Å². The molecule has 0 aromatic heterocycles. The summed E-state index contributed by atoms with van der Waals surface area (Å²) in [5.41, 5.74) is -0.681. The maximum atomic E-state index is 13.4. The maximum absolute atomic E-state index is 13.4. The van der Waals surface area contributed by atoms with Gasteiger partial charge in [-0.05, 0) is 60.8 Å². The first-order valence-corrected chi connectivity index (χ1v) is 10.8. The van der Waals surface area contributed by atoms with E-state index in [1.165, 1.54) is 0 Å². The van der Waals surface area contributed by atoms with Crippen molar-refractivity contribution in [2.45, 2.75) is 51.9 Å². The zero-order valence-corrected chi connectivity index (χ0v) is 16.1. The van der Waals surface area contributed by atoms with Crippen LogP contribution in [0, 0.1) is 34.0 Å². The van der Waals surface area contributed by atoms with Crippen LogP contribution in [-0.4, -0.2) is 29.0 Å². The van der Waals surface area contributed by atoms with Gasteiger partial charge in [-0.3, -0.25) is 18.0 Å². The van der Waals surface area contributed by atoms with E-state index in [1.54, 1.807) is 0 Å². The number of ketones is 2. The molecule has 0 radical (unpaired) electrons. The molecule has 26 heavy (non-hydrogen) atoms. The molecule has 1 aliphatic heterocycles. The number of hydrogen-bond donors (Lipinski definition) is 0. The van der Waals surface area contributed by atoms with Crippen LogP contribution in [0.15, 0.2) is 12.2 Å². The molecule has 142 valence electrons. The monoisotopic (exact) mass is 378 g/mol. The quantitative estimate of drug-likeness (QED) is 0.479. The van der Waals surface area contributed by atoms with Gasteiger partial charge in [-0.2, -0.15) is 4.21 Å². The predicted octanol–water partition coefficient (Wildman–Crippen LogP) is 2.92. The fraction of sp³-hybridized carbons (Fsp3) is 0.800. The minimum atomic E-state index is -1.75. The fourth-order valence-corrected chi connectivity index (χ4v) is 8.09. The molecule has 7 atom stereocenters. The van der Waals surface area contributed by atoms with E-state index in [-0.39, 0.29) is 40.2 Å². The largest absolute Gasteiger partial charge is 0.304 e. The molecule has 6 heteroatoms. The minimum absolute atomic E-state index is 0.00506. The SMILES string of the molecule is C=C1C(=O)C23CCC1CC2C12CCCC(C)(COS(=O)OC1)C2CC3=O. The number of Topliss-reactive ketones (excluding diaryl/α,β-unsaturated/α-hetero) is 2. The Hall–Kier alpha value is -0.850. The smallest absolute Gasteiger partial charge is 0.299 e. The van der Waals surface area contributed by atoms with Gasteiger partial charge in [0.05, 0.1) is 18.6 Å². The Balaban J connectivity index is 1.68. The van der Waals surface area contributed by atoms with Crippen LogP contribution in [0.2, 0.25) is 0 Å². The Bertz CT molecular complexity index is 746. The summed E-state index contributed by atoms with van der Waals surface area (Å²) in [6, 6.07) is 0. The second-order valence-corrected chi connectivity index (χ2v) is 10.4. The molecule has 5 nitrogen and oxygen atoms in total. The summed E-state index contributed by atoms with van der Waals surface area (Å²) < 4.78 is 23.2. The van der Waals surface area contributed by atoms with Crippen molar-refractivity contribution in [3.63, 3.8) is 0 Å². The van der Waals surface area contributed by atoms with Crippen LogP contribution >= 0.6 is 0 Å². The molecule has 6 fully saturated rings. The Kier molecular flexibility index (Phi) is 3.56. The molecule has 0 aromatic rings. The van der Waals surface area contributed by atoms with Crippen molar-refractivity contribution in [1.82, 2.24) is 0 Å². The highest BCUT2D eigenvalue weighted by Gasteiger charge is 2.72. The van der Waals surface area contributed by atoms with Crippen LogP contribution in [0.25, 0.3) is 0 Å². The van der Waals surface area contributed by atoms with Crippen LogP contribution in [0.5, 0.6) is 0 Å². The van der Waals surface area contributed by atoms with Crippen molar-refractivity contribution in [2.24, 2.45) is 34.0 Å². The Morgan fingerprint density at radius 2 is 1.88 bits per heavy atom. The molecule has 1 spiro atoms. The maximum Gasteiger partial charge on any atom is 0.304 e. The standard InChI is InChI=1S/C20H26O5S/c1-12-13-4-7-20(17(12)22)15(8-13)19-6-3-5-18(2,14(19)9-16(20)21)10-24-26(23)25-11-19/h13-15H,1,3-11H2,2H3. The van der Waals surface area contributed by atoms with E-state index in [1.807, 2.05) is 0 Å². The van der Waals surface area contributed by atoms with Gasteiger partial charge >= 0.3 is 11.4 Å². The van der Waals surface area contributed by atoms with Gasteiger partial charge in [-0.1, -0.05) is 19.9 Å². The minimum Gasteiger partial charge on any atom is -0.299 e. The lowest BCUT2D eigenvalue weighted by molar-refractivity contribution is -0.201. The van der Waals surface area contributed by atoms with Crippen molar-refractivity contribution in [1.29, 1.82) is 0 Å². The third kappa shape index (κ3) is 1.91. The summed E-state index contributed by atoms with van der Waals surface area (Å²) in [5.74, 6) is 0.421. The topological polar surface area (TPSA) is 69.7 Å². The molecule has 0 N–H and O–H groups in total. The van der Waals surface area contributed by atoms with Gasteiger partial charge in [-0.25, -0.2) is 0 Å². The summed E-state index contributed by atoms with van der Waals surface area (Å²) in [6.07, 6.45) is 5.75. The summed E-state index contributed by atoms with van der Waals surface area (Å²) in [4.78, 5) is 26.7. The molecule has 1 heterocycles. The van der Waals surface area contributed by atoms with Crippen molar-refractivity contribution in [3.8, 4) is 0 Å². The lowest BCUT2D eigenvalue weighted by atomic mass is 9.36. The van der Waals surface area contributed by atoms with Crippen molar-refractivity contribution in [3.05, 3.63) is 12.2 Å². The van der Waals surface area contributed by atoms with E-state index in [9.17, 15) is 13.8 Å². The highest BCUT2D eigenvalue weighted by Crippen LogP contribution is 2.70. The molecule has 7 unspecified atom stereocenters. The second-order valence-electron chi connectivity index (χ2n) is 9.50. The number of fused-ring (bicyclic) bond motifs is 2. The number of rotatable bonds is 0.